The lowest BCUT2D eigenvalue weighted by molar-refractivity contribution is -0.141. The summed E-state index contributed by atoms with van der Waals surface area (Å²) in [4.78, 5) is 28.0. The molecule has 3 aliphatic rings. The second kappa shape index (κ2) is 6.46. The zero-order chi connectivity index (χ0) is 14.8. The third-order valence-electron chi connectivity index (χ3n) is 4.69. The maximum atomic E-state index is 12.9. The lowest BCUT2D eigenvalue weighted by atomic mass is 10.1. The quantitative estimate of drug-likeness (QED) is 0.851. The van der Waals surface area contributed by atoms with E-state index in [1.54, 1.807) is 16.7 Å². The van der Waals surface area contributed by atoms with Crippen LogP contribution in [0.5, 0.6) is 0 Å². The fourth-order valence-corrected chi connectivity index (χ4v) is 4.93. The van der Waals surface area contributed by atoms with Crippen molar-refractivity contribution in [1.29, 1.82) is 0 Å². The highest BCUT2D eigenvalue weighted by Crippen LogP contribution is 2.45. The van der Waals surface area contributed by atoms with Gasteiger partial charge in [0.05, 0.1) is 5.37 Å². The first kappa shape index (κ1) is 15.0. The summed E-state index contributed by atoms with van der Waals surface area (Å²) in [6, 6.07) is -0.676. The number of thioether (sulfide) groups is 1. The second-order valence-electron chi connectivity index (χ2n) is 6.36. The molecule has 21 heavy (non-hydrogen) atoms. The van der Waals surface area contributed by atoms with Crippen LogP contribution in [0.2, 0.25) is 0 Å². The van der Waals surface area contributed by atoms with Crippen LogP contribution in [0.3, 0.4) is 0 Å². The Bertz CT molecular complexity index is 406. The molecule has 0 aromatic carbocycles. The largest absolute Gasteiger partial charge is 0.480 e. The number of rotatable bonds is 2. The molecule has 3 fully saturated rings. The fraction of sp³-hybridized carbons (Fsp3) is 0.867. The van der Waals surface area contributed by atoms with Crippen LogP contribution in [0.25, 0.3) is 0 Å². The number of hydrogen-bond acceptors (Lipinski definition) is 3. The van der Waals surface area contributed by atoms with E-state index in [1.807, 2.05) is 4.90 Å². The maximum Gasteiger partial charge on any atom is 0.327 e. The minimum absolute atomic E-state index is 0.0359. The van der Waals surface area contributed by atoms with E-state index in [1.165, 1.54) is 19.3 Å². The molecule has 3 rings (SSSR count). The Balaban J connectivity index is 1.73. The molecule has 0 bridgehead atoms. The molecule has 5 nitrogen and oxygen atoms in total. The van der Waals surface area contributed by atoms with E-state index in [-0.39, 0.29) is 11.4 Å². The molecule has 0 aromatic rings. The Labute approximate surface area is 130 Å². The van der Waals surface area contributed by atoms with Crippen molar-refractivity contribution in [3.05, 3.63) is 0 Å². The summed E-state index contributed by atoms with van der Waals surface area (Å²) in [5.41, 5.74) is 0. The Kier molecular flexibility index (Phi) is 4.62. The first-order valence-electron chi connectivity index (χ1n) is 8.10. The number of hydrogen-bond donors (Lipinski definition) is 1. The molecule has 0 aromatic heterocycles. The van der Waals surface area contributed by atoms with Crippen LogP contribution >= 0.6 is 11.8 Å². The van der Waals surface area contributed by atoms with Gasteiger partial charge in [-0.05, 0) is 31.6 Å². The Morgan fingerprint density at radius 3 is 2.19 bits per heavy atom. The molecule has 0 radical (unpaired) electrons. The molecule has 2 saturated heterocycles. The summed E-state index contributed by atoms with van der Waals surface area (Å²) in [5, 5.41) is 9.51. The number of carbonyl (C=O) groups excluding carboxylic acids is 1. The van der Waals surface area contributed by atoms with E-state index in [4.69, 9.17) is 0 Å². The van der Waals surface area contributed by atoms with E-state index >= 15 is 0 Å². The average molecular weight is 312 g/mol. The van der Waals surface area contributed by atoms with Crippen molar-refractivity contribution in [1.82, 2.24) is 9.80 Å². The fourth-order valence-electron chi connectivity index (χ4n) is 3.31. The summed E-state index contributed by atoms with van der Waals surface area (Å²) in [5.74, 6) is 0.194. The molecule has 2 amide bonds. The Hall–Kier alpha value is -0.910. The normalized spacial score (nSPS) is 30.9. The van der Waals surface area contributed by atoms with E-state index in [0.29, 0.717) is 11.7 Å². The highest BCUT2D eigenvalue weighted by Gasteiger charge is 2.49. The summed E-state index contributed by atoms with van der Waals surface area (Å²) in [6.45, 7) is 1.56. The van der Waals surface area contributed by atoms with Gasteiger partial charge < -0.3 is 10.0 Å². The number of carboxylic acids is 1. The van der Waals surface area contributed by atoms with E-state index in [2.05, 4.69) is 0 Å². The van der Waals surface area contributed by atoms with Crippen molar-refractivity contribution in [2.24, 2.45) is 5.92 Å². The van der Waals surface area contributed by atoms with Gasteiger partial charge in [-0.25, -0.2) is 9.59 Å². The number of carbonyl (C=O) groups is 2. The van der Waals surface area contributed by atoms with Crippen molar-refractivity contribution < 1.29 is 14.7 Å². The molecule has 118 valence electrons. The summed E-state index contributed by atoms with van der Waals surface area (Å²) < 4.78 is 0. The number of nitrogens with zero attached hydrogens (tertiary/aromatic N) is 2. The highest BCUT2D eigenvalue weighted by molar-refractivity contribution is 8.00. The molecule has 6 heteroatoms. The predicted octanol–water partition coefficient (Wildman–Crippen LogP) is 2.61. The van der Waals surface area contributed by atoms with Gasteiger partial charge in [-0.2, -0.15) is 0 Å². The predicted molar refractivity (Wildman–Crippen MR) is 82.3 cm³/mol. The van der Waals surface area contributed by atoms with Gasteiger partial charge in [0, 0.05) is 18.8 Å². The van der Waals surface area contributed by atoms with Crippen LogP contribution in [0, 0.1) is 5.92 Å². The lowest BCUT2D eigenvalue weighted by Crippen LogP contribution is -2.52. The van der Waals surface area contributed by atoms with Crippen molar-refractivity contribution in [3.63, 3.8) is 0 Å². The molecule has 1 saturated carbocycles. The van der Waals surface area contributed by atoms with Crippen LogP contribution in [-0.2, 0) is 4.79 Å². The van der Waals surface area contributed by atoms with Gasteiger partial charge in [-0.3, -0.25) is 4.90 Å². The van der Waals surface area contributed by atoms with Crippen molar-refractivity contribution >= 4 is 23.8 Å². The van der Waals surface area contributed by atoms with Gasteiger partial charge in [-0.15, -0.1) is 11.8 Å². The van der Waals surface area contributed by atoms with Gasteiger partial charge >= 0.3 is 12.0 Å². The second-order valence-corrected chi connectivity index (χ2v) is 7.51. The Morgan fingerprint density at radius 2 is 1.62 bits per heavy atom. The minimum atomic E-state index is -0.856. The van der Waals surface area contributed by atoms with Crippen molar-refractivity contribution in [2.75, 3.05) is 18.8 Å². The minimum Gasteiger partial charge on any atom is -0.480 e. The van der Waals surface area contributed by atoms with Crippen LogP contribution in [0.4, 0.5) is 4.79 Å². The maximum absolute atomic E-state index is 12.9. The first-order chi connectivity index (χ1) is 10.2. The molecule has 2 heterocycles. The number of likely N-dealkylation sites (tertiary alicyclic amines) is 1. The first-order valence-corrected chi connectivity index (χ1v) is 9.15. The third kappa shape index (κ3) is 3.30. The molecular weight excluding hydrogens is 288 g/mol. The summed E-state index contributed by atoms with van der Waals surface area (Å²) >= 11 is 1.66. The van der Waals surface area contributed by atoms with Crippen LogP contribution < -0.4 is 0 Å². The highest BCUT2D eigenvalue weighted by atomic mass is 32.2. The number of carboxylic acid groups (broad SMARTS) is 1. The standard InChI is InChI=1S/C15H24N2O3S/c18-14(19)12-10-21-13(11-6-7-11)17(12)15(20)16-8-4-2-1-3-5-9-16/h11-13H,1-10H2,(H,18,19). The molecule has 1 N–H and O–H groups in total. The van der Waals surface area contributed by atoms with Crippen LogP contribution in [-0.4, -0.2) is 57.2 Å². The Morgan fingerprint density at radius 1 is 1.00 bits per heavy atom. The number of amides is 2. The van der Waals surface area contributed by atoms with Crippen molar-refractivity contribution in [2.45, 2.75) is 56.4 Å². The number of urea groups is 1. The zero-order valence-electron chi connectivity index (χ0n) is 12.4. The zero-order valence-corrected chi connectivity index (χ0v) is 13.2. The van der Waals surface area contributed by atoms with E-state index in [9.17, 15) is 14.7 Å². The van der Waals surface area contributed by atoms with Gasteiger partial charge in [0.2, 0.25) is 0 Å². The smallest absolute Gasteiger partial charge is 0.327 e. The summed E-state index contributed by atoms with van der Waals surface area (Å²) in [6.07, 6.45) is 7.95. The SMILES string of the molecule is O=C(O)C1CSC(C2CC2)N1C(=O)N1CCCCCCC1. The van der Waals surface area contributed by atoms with Gasteiger partial charge in [0.25, 0.3) is 0 Å². The molecule has 2 aliphatic heterocycles. The molecule has 0 spiro atoms. The molecule has 2 unspecified atom stereocenters. The molecule has 2 atom stereocenters. The van der Waals surface area contributed by atoms with Gasteiger partial charge in [-0.1, -0.05) is 19.3 Å². The van der Waals surface area contributed by atoms with Crippen LogP contribution in [0.1, 0.15) is 44.9 Å². The van der Waals surface area contributed by atoms with Gasteiger partial charge in [0.1, 0.15) is 6.04 Å². The molecule has 1 aliphatic carbocycles. The average Bonchev–Trinajstić information content (AvgIpc) is 3.16. The van der Waals surface area contributed by atoms with Crippen molar-refractivity contribution in [3.8, 4) is 0 Å². The monoisotopic (exact) mass is 312 g/mol. The number of aliphatic carboxylic acids is 1. The van der Waals surface area contributed by atoms with E-state index < -0.39 is 12.0 Å². The topological polar surface area (TPSA) is 60.9 Å². The van der Waals surface area contributed by atoms with Crippen LogP contribution in [0.15, 0.2) is 0 Å². The lowest BCUT2D eigenvalue weighted by Gasteiger charge is -2.34. The van der Waals surface area contributed by atoms with Gasteiger partial charge in [0.15, 0.2) is 0 Å². The summed E-state index contributed by atoms with van der Waals surface area (Å²) in [7, 11) is 0. The third-order valence-corrected chi connectivity index (χ3v) is 6.15. The molecular formula is C15H24N2O3S. The van der Waals surface area contributed by atoms with E-state index in [0.717, 1.165) is 38.8 Å².